The highest BCUT2D eigenvalue weighted by atomic mass is 35.5. The van der Waals surface area contributed by atoms with E-state index in [1.807, 2.05) is 30.3 Å². The van der Waals surface area contributed by atoms with E-state index < -0.39 is 5.60 Å². The monoisotopic (exact) mass is 524 g/mol. The predicted molar refractivity (Wildman–Crippen MR) is 146 cm³/mol. The van der Waals surface area contributed by atoms with E-state index in [0.717, 1.165) is 73.9 Å². The zero-order valence-corrected chi connectivity index (χ0v) is 22.3. The van der Waals surface area contributed by atoms with Crippen LogP contribution in [0.2, 0.25) is 5.02 Å². The smallest absolute Gasteiger partial charge is 0.161 e. The van der Waals surface area contributed by atoms with Gasteiger partial charge in [-0.15, -0.1) is 0 Å². The molecule has 2 aliphatic heterocycles. The Hall–Kier alpha value is -2.80. The fraction of sp³-hybridized carbons (Fsp3) is 0.400. The van der Waals surface area contributed by atoms with Crippen LogP contribution in [0.25, 0.3) is 0 Å². The van der Waals surface area contributed by atoms with Crippen LogP contribution in [0.4, 0.5) is 10.1 Å². The van der Waals surface area contributed by atoms with Crippen molar-refractivity contribution in [2.75, 3.05) is 58.5 Å². The van der Waals surface area contributed by atoms with Crippen LogP contribution in [0, 0.1) is 5.82 Å². The van der Waals surface area contributed by atoms with Gasteiger partial charge in [0.2, 0.25) is 0 Å². The third-order valence-corrected chi connectivity index (χ3v) is 7.89. The van der Waals surface area contributed by atoms with Gasteiger partial charge in [0, 0.05) is 36.9 Å². The molecule has 3 aromatic rings. The van der Waals surface area contributed by atoms with Crippen LogP contribution in [0.1, 0.15) is 29.5 Å². The molecule has 3 aromatic carbocycles. The number of methoxy groups -OCH3 is 2. The van der Waals surface area contributed by atoms with Crippen LogP contribution in [-0.2, 0) is 16.8 Å². The first-order valence-electron chi connectivity index (χ1n) is 12.9. The molecule has 37 heavy (non-hydrogen) atoms. The summed E-state index contributed by atoms with van der Waals surface area (Å²) in [5.74, 6) is 1.15. The zero-order valence-electron chi connectivity index (χ0n) is 21.5. The van der Waals surface area contributed by atoms with Crippen molar-refractivity contribution in [3.63, 3.8) is 0 Å². The van der Waals surface area contributed by atoms with Crippen LogP contribution in [0.15, 0.2) is 60.7 Å². The minimum atomic E-state index is -0.661. The van der Waals surface area contributed by atoms with Gasteiger partial charge in [0.25, 0.3) is 0 Å². The summed E-state index contributed by atoms with van der Waals surface area (Å²) in [4.78, 5) is 4.93. The highest BCUT2D eigenvalue weighted by Crippen LogP contribution is 2.46. The molecule has 0 amide bonds. The first-order valence-corrected chi connectivity index (χ1v) is 13.3. The number of hydrogen-bond donors (Lipinski definition) is 0. The fourth-order valence-electron chi connectivity index (χ4n) is 5.66. The van der Waals surface area contributed by atoms with E-state index in [0.29, 0.717) is 12.4 Å². The van der Waals surface area contributed by atoms with Crippen LogP contribution in [-0.4, -0.2) is 58.5 Å². The average molecular weight is 525 g/mol. The van der Waals surface area contributed by atoms with E-state index in [1.165, 1.54) is 23.4 Å². The first kappa shape index (κ1) is 25.8. The molecule has 1 fully saturated rings. The lowest BCUT2D eigenvalue weighted by molar-refractivity contribution is -0.0375. The van der Waals surface area contributed by atoms with Crippen LogP contribution < -0.4 is 14.4 Å². The minimum Gasteiger partial charge on any atom is -0.493 e. The summed E-state index contributed by atoms with van der Waals surface area (Å²) in [5, 5.41) is 0.764. The number of nitrogens with zero attached hydrogens (tertiary/aromatic N) is 2. The highest BCUT2D eigenvalue weighted by Gasteiger charge is 2.40. The molecule has 196 valence electrons. The molecule has 2 heterocycles. The van der Waals surface area contributed by atoms with E-state index in [-0.39, 0.29) is 5.82 Å². The Balaban J connectivity index is 1.33. The molecule has 1 atom stereocenters. The molecular weight excluding hydrogens is 491 g/mol. The van der Waals surface area contributed by atoms with Gasteiger partial charge >= 0.3 is 0 Å². The second-order valence-electron chi connectivity index (χ2n) is 9.71. The van der Waals surface area contributed by atoms with Gasteiger partial charge in [0.15, 0.2) is 11.5 Å². The second-order valence-corrected chi connectivity index (χ2v) is 10.1. The molecule has 0 spiro atoms. The Bertz CT molecular complexity index is 1200. The van der Waals surface area contributed by atoms with E-state index >= 15 is 0 Å². The number of benzene rings is 3. The van der Waals surface area contributed by atoms with Gasteiger partial charge in [-0.3, -0.25) is 4.90 Å². The van der Waals surface area contributed by atoms with Crippen molar-refractivity contribution < 1.29 is 18.6 Å². The maximum atomic E-state index is 13.9. The Morgan fingerprint density at radius 2 is 1.59 bits per heavy atom. The number of hydrogen-bond acceptors (Lipinski definition) is 5. The number of anilines is 1. The Kier molecular flexibility index (Phi) is 7.89. The number of ether oxygens (including phenoxy) is 3. The second kappa shape index (κ2) is 11.3. The van der Waals surface area contributed by atoms with Crippen molar-refractivity contribution in [3.8, 4) is 11.5 Å². The minimum absolute atomic E-state index is 0.249. The van der Waals surface area contributed by atoms with Gasteiger partial charge in [-0.1, -0.05) is 23.7 Å². The summed E-state index contributed by atoms with van der Waals surface area (Å²) in [6, 6.07) is 18.9. The third-order valence-electron chi connectivity index (χ3n) is 7.64. The van der Waals surface area contributed by atoms with Gasteiger partial charge in [-0.2, -0.15) is 0 Å². The maximum Gasteiger partial charge on any atom is 0.161 e. The fourth-order valence-corrected chi connectivity index (χ4v) is 5.79. The predicted octanol–water partition coefficient (Wildman–Crippen LogP) is 5.92. The molecular formula is C30H34ClFN2O3. The van der Waals surface area contributed by atoms with E-state index in [2.05, 4.69) is 28.0 Å². The zero-order chi connectivity index (χ0) is 25.8. The van der Waals surface area contributed by atoms with Gasteiger partial charge in [0.1, 0.15) is 11.4 Å². The SMILES string of the molecule is COc1cc2c(cc1OC)C(CCCN1CCN(c3ccc(Cl)cc3)CC1)(c1ccc(F)cc1)OCC2. The molecule has 2 aliphatic rings. The topological polar surface area (TPSA) is 34.2 Å². The molecule has 0 bridgehead atoms. The molecule has 0 aliphatic carbocycles. The van der Waals surface area contributed by atoms with Crippen LogP contribution >= 0.6 is 11.6 Å². The molecule has 5 rings (SSSR count). The molecule has 1 unspecified atom stereocenters. The average Bonchev–Trinajstić information content (AvgIpc) is 2.93. The van der Waals surface area contributed by atoms with Crippen LogP contribution in [0.5, 0.6) is 11.5 Å². The van der Waals surface area contributed by atoms with E-state index in [1.54, 1.807) is 14.2 Å². The summed E-state index contributed by atoms with van der Waals surface area (Å²) in [6.45, 7) is 5.56. The van der Waals surface area contributed by atoms with Crippen molar-refractivity contribution in [1.82, 2.24) is 4.90 Å². The van der Waals surface area contributed by atoms with Gasteiger partial charge in [-0.05, 0) is 91.0 Å². The quantitative estimate of drug-likeness (QED) is 0.366. The van der Waals surface area contributed by atoms with E-state index in [4.69, 9.17) is 25.8 Å². The standard InChI is InChI=1S/C30H34ClFN2O3/c1-35-28-20-22-12-19-37-30(27(22)21-29(28)36-2,23-4-8-25(32)9-5-23)13-3-14-33-15-17-34(18-16-33)26-10-6-24(31)7-11-26/h4-11,20-21H,3,12-19H2,1-2H3. The third kappa shape index (κ3) is 5.42. The number of halogens is 2. The normalized spacial score (nSPS) is 19.9. The van der Waals surface area contributed by atoms with Crippen molar-refractivity contribution in [2.45, 2.75) is 24.9 Å². The number of rotatable bonds is 8. The molecule has 0 radical (unpaired) electrons. The van der Waals surface area contributed by atoms with Crippen molar-refractivity contribution >= 4 is 17.3 Å². The van der Waals surface area contributed by atoms with Gasteiger partial charge in [-0.25, -0.2) is 4.39 Å². The largest absolute Gasteiger partial charge is 0.493 e. The Labute approximate surface area is 223 Å². The van der Waals surface area contributed by atoms with Crippen LogP contribution in [0.3, 0.4) is 0 Å². The molecule has 0 N–H and O–H groups in total. The lowest BCUT2D eigenvalue weighted by atomic mass is 9.77. The number of piperazine rings is 1. The summed E-state index contributed by atoms with van der Waals surface area (Å²) >= 11 is 6.05. The molecule has 1 saturated heterocycles. The molecule has 7 heteroatoms. The van der Waals surface area contributed by atoms with E-state index in [9.17, 15) is 4.39 Å². The summed E-state index contributed by atoms with van der Waals surface area (Å²) < 4.78 is 31.7. The molecule has 0 saturated carbocycles. The summed E-state index contributed by atoms with van der Waals surface area (Å²) in [5.41, 5.74) is 3.79. The van der Waals surface area contributed by atoms with Gasteiger partial charge < -0.3 is 19.1 Å². The Morgan fingerprint density at radius 3 is 2.27 bits per heavy atom. The first-order chi connectivity index (χ1) is 18.0. The Morgan fingerprint density at radius 1 is 0.919 bits per heavy atom. The summed E-state index contributed by atoms with van der Waals surface area (Å²) in [6.07, 6.45) is 2.54. The van der Waals surface area contributed by atoms with Crippen molar-refractivity contribution in [1.29, 1.82) is 0 Å². The highest BCUT2D eigenvalue weighted by molar-refractivity contribution is 6.30. The molecule has 5 nitrogen and oxygen atoms in total. The van der Waals surface area contributed by atoms with Gasteiger partial charge in [0.05, 0.1) is 20.8 Å². The number of fused-ring (bicyclic) bond motifs is 1. The lowest BCUT2D eigenvalue weighted by Gasteiger charge is -2.41. The summed E-state index contributed by atoms with van der Waals surface area (Å²) in [7, 11) is 3.31. The molecule has 0 aromatic heterocycles. The maximum absolute atomic E-state index is 13.9. The van der Waals surface area contributed by atoms with Crippen molar-refractivity contribution in [3.05, 3.63) is 88.2 Å². The lowest BCUT2D eigenvalue weighted by Crippen LogP contribution is -2.47. The van der Waals surface area contributed by atoms with Crippen molar-refractivity contribution in [2.24, 2.45) is 0 Å².